The monoisotopic (exact) mass is 426 g/mol. The third-order valence-corrected chi connectivity index (χ3v) is 6.35. The topological polar surface area (TPSA) is 32.8 Å². The lowest BCUT2D eigenvalue weighted by Gasteiger charge is -2.20. The molecule has 0 saturated carbocycles. The number of rotatable bonds is 8. The fraction of sp³-hybridized carbons (Fsp3) is 0.304. The van der Waals surface area contributed by atoms with E-state index in [1.165, 1.54) is 17.4 Å². The van der Waals surface area contributed by atoms with Crippen LogP contribution < -0.4 is 9.64 Å². The highest BCUT2D eigenvalue weighted by Gasteiger charge is 2.31. The average Bonchev–Trinajstić information content (AvgIpc) is 3.01. The fourth-order valence-corrected chi connectivity index (χ4v) is 4.56. The van der Waals surface area contributed by atoms with Gasteiger partial charge in [0.1, 0.15) is 10.1 Å². The summed E-state index contributed by atoms with van der Waals surface area (Å²) in [6.45, 7) is 6.82. The molecule has 29 heavy (non-hydrogen) atoms. The number of ether oxygens (including phenoxy) is 1. The second-order valence-electron chi connectivity index (χ2n) is 6.70. The van der Waals surface area contributed by atoms with Gasteiger partial charge in [-0.15, -0.1) is 0 Å². The van der Waals surface area contributed by atoms with Crippen LogP contribution in [0.15, 0.2) is 53.4 Å². The summed E-state index contributed by atoms with van der Waals surface area (Å²) in [5, 5.41) is 0. The Morgan fingerprint density at radius 1 is 1.07 bits per heavy atom. The van der Waals surface area contributed by atoms with Gasteiger partial charge in [0.15, 0.2) is 0 Å². The van der Waals surface area contributed by atoms with E-state index in [2.05, 4.69) is 43.0 Å². The Balaban J connectivity index is 1.66. The first-order valence-corrected chi connectivity index (χ1v) is 11.0. The zero-order valence-corrected chi connectivity index (χ0v) is 18.7. The molecule has 2 aromatic rings. The number of amides is 1. The Hall–Kier alpha value is -2.31. The Bertz CT molecular complexity index is 888. The molecule has 4 nitrogen and oxygen atoms in total. The van der Waals surface area contributed by atoms with Crippen molar-refractivity contribution in [3.8, 4) is 5.75 Å². The summed E-state index contributed by atoms with van der Waals surface area (Å²) < 4.78 is 5.81. The Kier molecular flexibility index (Phi) is 7.34. The van der Waals surface area contributed by atoms with Crippen LogP contribution in [0, 0.1) is 0 Å². The molecule has 0 aromatic heterocycles. The SMILES string of the molecule is CCN(CC)c1ccc(C=C2SC(=S)N(CCc3ccc(OC)cc3)C2=O)cc1. The normalized spacial score (nSPS) is 15.3. The summed E-state index contributed by atoms with van der Waals surface area (Å²) in [5.74, 6) is 0.815. The number of benzene rings is 2. The molecule has 0 spiro atoms. The smallest absolute Gasteiger partial charge is 0.266 e. The van der Waals surface area contributed by atoms with Gasteiger partial charge in [-0.3, -0.25) is 9.69 Å². The molecule has 1 aliphatic heterocycles. The molecule has 0 bridgehead atoms. The van der Waals surface area contributed by atoms with Crippen molar-refractivity contribution < 1.29 is 9.53 Å². The number of hydrogen-bond donors (Lipinski definition) is 0. The third kappa shape index (κ3) is 5.19. The number of carbonyl (C=O) groups is 1. The van der Waals surface area contributed by atoms with Gasteiger partial charge in [-0.2, -0.15) is 0 Å². The number of anilines is 1. The predicted octanol–water partition coefficient (Wildman–Crippen LogP) is 4.99. The van der Waals surface area contributed by atoms with Gasteiger partial charge in [0, 0.05) is 25.3 Å². The maximum Gasteiger partial charge on any atom is 0.266 e. The molecular formula is C23H26N2O2S2. The maximum atomic E-state index is 12.8. The lowest BCUT2D eigenvalue weighted by molar-refractivity contribution is -0.122. The molecule has 3 rings (SSSR count). The lowest BCUT2D eigenvalue weighted by atomic mass is 10.1. The molecule has 6 heteroatoms. The average molecular weight is 427 g/mol. The minimum Gasteiger partial charge on any atom is -0.497 e. The highest BCUT2D eigenvalue weighted by atomic mass is 32.2. The molecule has 1 heterocycles. The van der Waals surface area contributed by atoms with E-state index < -0.39 is 0 Å². The van der Waals surface area contributed by atoms with Crippen LogP contribution >= 0.6 is 24.0 Å². The van der Waals surface area contributed by atoms with Gasteiger partial charge in [0.25, 0.3) is 5.91 Å². The molecule has 0 N–H and O–H groups in total. The molecule has 2 aromatic carbocycles. The summed E-state index contributed by atoms with van der Waals surface area (Å²) in [5.41, 5.74) is 3.35. The predicted molar refractivity (Wildman–Crippen MR) is 127 cm³/mol. The molecule has 0 radical (unpaired) electrons. The minimum atomic E-state index is -0.0127. The van der Waals surface area contributed by atoms with Crippen molar-refractivity contribution in [2.75, 3.05) is 31.6 Å². The van der Waals surface area contributed by atoms with E-state index in [0.29, 0.717) is 15.8 Å². The van der Waals surface area contributed by atoms with Gasteiger partial charge in [-0.1, -0.05) is 48.2 Å². The summed E-state index contributed by atoms with van der Waals surface area (Å²) >= 11 is 6.83. The van der Waals surface area contributed by atoms with E-state index >= 15 is 0 Å². The maximum absolute atomic E-state index is 12.8. The van der Waals surface area contributed by atoms with Crippen LogP contribution in [0.1, 0.15) is 25.0 Å². The molecule has 0 unspecified atom stereocenters. The number of thiocarbonyl (C=S) groups is 1. The number of carbonyl (C=O) groups excluding carboxylic acids is 1. The molecule has 1 fully saturated rings. The molecule has 0 aliphatic carbocycles. The number of thioether (sulfide) groups is 1. The van der Waals surface area contributed by atoms with Crippen molar-refractivity contribution in [2.24, 2.45) is 0 Å². The number of methoxy groups -OCH3 is 1. The van der Waals surface area contributed by atoms with Crippen LogP contribution in [-0.2, 0) is 11.2 Å². The van der Waals surface area contributed by atoms with Gasteiger partial charge < -0.3 is 9.64 Å². The molecule has 152 valence electrons. The number of hydrogen-bond acceptors (Lipinski definition) is 5. The highest BCUT2D eigenvalue weighted by Crippen LogP contribution is 2.33. The second kappa shape index (κ2) is 9.94. The number of nitrogens with zero attached hydrogens (tertiary/aromatic N) is 2. The van der Waals surface area contributed by atoms with Crippen LogP contribution in [0.4, 0.5) is 5.69 Å². The van der Waals surface area contributed by atoms with Crippen LogP contribution in [0.5, 0.6) is 5.75 Å². The molecule has 1 aliphatic rings. The largest absolute Gasteiger partial charge is 0.497 e. The fourth-order valence-electron chi connectivity index (χ4n) is 3.25. The van der Waals surface area contributed by atoms with Crippen LogP contribution in [0.2, 0.25) is 0 Å². The molecular weight excluding hydrogens is 400 g/mol. The molecule has 1 amide bonds. The van der Waals surface area contributed by atoms with E-state index in [9.17, 15) is 4.79 Å². The van der Waals surface area contributed by atoms with Crippen molar-refractivity contribution in [1.29, 1.82) is 0 Å². The first-order chi connectivity index (χ1) is 14.0. The Morgan fingerprint density at radius 2 is 1.72 bits per heavy atom. The summed E-state index contributed by atoms with van der Waals surface area (Å²) in [6.07, 6.45) is 2.68. The Morgan fingerprint density at radius 3 is 2.31 bits per heavy atom. The summed E-state index contributed by atoms with van der Waals surface area (Å²) in [6, 6.07) is 16.2. The third-order valence-electron chi connectivity index (χ3n) is 4.98. The first-order valence-electron chi connectivity index (χ1n) is 9.79. The van der Waals surface area contributed by atoms with E-state index in [1.807, 2.05) is 30.3 Å². The molecule has 0 atom stereocenters. The van der Waals surface area contributed by atoms with Gasteiger partial charge in [-0.05, 0) is 61.7 Å². The lowest BCUT2D eigenvalue weighted by Crippen LogP contribution is -2.30. The van der Waals surface area contributed by atoms with Crippen molar-refractivity contribution >= 4 is 46.0 Å². The van der Waals surface area contributed by atoms with Crippen LogP contribution in [-0.4, -0.2) is 41.9 Å². The van der Waals surface area contributed by atoms with E-state index in [4.69, 9.17) is 17.0 Å². The van der Waals surface area contributed by atoms with Crippen LogP contribution in [0.3, 0.4) is 0 Å². The zero-order chi connectivity index (χ0) is 20.8. The van der Waals surface area contributed by atoms with E-state index in [1.54, 1.807) is 12.0 Å². The summed E-state index contributed by atoms with van der Waals surface area (Å²) in [7, 11) is 1.65. The molecule has 1 saturated heterocycles. The van der Waals surface area contributed by atoms with Gasteiger partial charge in [0.05, 0.1) is 12.0 Å². The van der Waals surface area contributed by atoms with Crippen molar-refractivity contribution in [3.63, 3.8) is 0 Å². The van der Waals surface area contributed by atoms with Crippen LogP contribution in [0.25, 0.3) is 6.08 Å². The first kappa shape index (κ1) is 21.4. The highest BCUT2D eigenvalue weighted by molar-refractivity contribution is 8.26. The van der Waals surface area contributed by atoms with Gasteiger partial charge >= 0.3 is 0 Å². The van der Waals surface area contributed by atoms with Crippen molar-refractivity contribution in [3.05, 3.63) is 64.6 Å². The Labute approximate surface area is 182 Å². The van der Waals surface area contributed by atoms with Crippen molar-refractivity contribution in [1.82, 2.24) is 4.90 Å². The van der Waals surface area contributed by atoms with E-state index in [0.717, 1.165) is 36.4 Å². The quantitative estimate of drug-likeness (QED) is 0.439. The van der Waals surface area contributed by atoms with E-state index in [-0.39, 0.29) is 5.91 Å². The van der Waals surface area contributed by atoms with Gasteiger partial charge in [0.2, 0.25) is 0 Å². The second-order valence-corrected chi connectivity index (χ2v) is 8.37. The minimum absolute atomic E-state index is 0.0127. The summed E-state index contributed by atoms with van der Waals surface area (Å²) in [4.78, 5) is 17.5. The van der Waals surface area contributed by atoms with Gasteiger partial charge in [-0.25, -0.2) is 0 Å². The zero-order valence-electron chi connectivity index (χ0n) is 17.1. The van der Waals surface area contributed by atoms with Crippen molar-refractivity contribution in [2.45, 2.75) is 20.3 Å². The standard InChI is InChI=1S/C23H26N2O2S2/c1-4-24(5-2)19-10-6-18(7-11-19)16-21-22(26)25(23(28)29-21)15-14-17-8-12-20(27-3)13-9-17/h6-13,16H,4-5,14-15H2,1-3H3.